The molecule has 0 spiro atoms. The van der Waals surface area contributed by atoms with Crippen molar-refractivity contribution in [3.63, 3.8) is 0 Å². The van der Waals surface area contributed by atoms with Gasteiger partial charge in [0.15, 0.2) is 0 Å². The highest BCUT2D eigenvalue weighted by Gasteiger charge is 2.06. The van der Waals surface area contributed by atoms with Gasteiger partial charge in [-0.1, -0.05) is 302 Å². The van der Waals surface area contributed by atoms with E-state index in [1.54, 1.807) is 0 Å². The van der Waals surface area contributed by atoms with Crippen LogP contribution in [0.2, 0.25) is 0 Å². The summed E-state index contributed by atoms with van der Waals surface area (Å²) >= 11 is 0. The number of hydrogen-bond acceptors (Lipinski definition) is 0. The molecule has 0 aliphatic carbocycles. The average Bonchev–Trinajstić information content (AvgIpc) is 0.833. The topological polar surface area (TPSA) is 0 Å². The van der Waals surface area contributed by atoms with Crippen LogP contribution in [0.25, 0.3) is 44.5 Å². The summed E-state index contributed by atoms with van der Waals surface area (Å²) in [6.45, 7) is 60.3. The Morgan fingerprint density at radius 1 is 0.0982 bits per heavy atom. The third kappa shape index (κ3) is 30.4. The molecule has 112 heavy (non-hydrogen) atoms. The standard InChI is InChI=1S/2C15H16.2C14H14.2C10H14.2C9H12.2C8H10/c2*1-11-9-15(10-12(2)13(11)3)14-7-5-4-6-8-14;2*1-11-8-9-14(10-12(11)2)13-6-4-3-5-7-13;2*1-7-5-8(2)10(4)9(3)6-7;2*1-7-5-4-6-8(2)9(7)3;2*1-7-5-3-4-6-8(7)2/h2*4-10H,1-3H3;2*3-10H,1-2H3;2*5-6H,1-4H3;2*4-6H,1-3H3;2*3-6H,1-2H3. The number of hydrogen-bond donors (Lipinski definition) is 0. The predicted octanol–water partition coefficient (Wildman–Crippen LogP) is 32.2. The Morgan fingerprint density at radius 3 is 0.455 bits per heavy atom. The summed E-state index contributed by atoms with van der Waals surface area (Å²) in [7, 11) is 0. The first-order chi connectivity index (χ1) is 53.2. The zero-order chi connectivity index (χ0) is 82.7. The molecule has 0 bridgehead atoms. The van der Waals surface area contributed by atoms with Crippen LogP contribution in [0.5, 0.6) is 0 Å². The first-order valence-electron chi connectivity index (χ1n) is 39.9. The van der Waals surface area contributed by atoms with Crippen molar-refractivity contribution in [2.75, 3.05) is 0 Å². The third-order valence-electron chi connectivity index (χ3n) is 22.0. The fourth-order valence-corrected chi connectivity index (χ4v) is 12.4. The van der Waals surface area contributed by atoms with Gasteiger partial charge < -0.3 is 0 Å². The summed E-state index contributed by atoms with van der Waals surface area (Å²) in [5.41, 5.74) is 49.1. The molecule has 0 unspecified atom stereocenters. The molecule has 0 heterocycles. The number of rotatable bonds is 4. The van der Waals surface area contributed by atoms with Gasteiger partial charge in [-0.2, -0.15) is 0 Å². The zero-order valence-electron chi connectivity index (χ0n) is 73.7. The van der Waals surface area contributed by atoms with Crippen molar-refractivity contribution in [3.8, 4) is 44.5 Å². The summed E-state index contributed by atoms with van der Waals surface area (Å²) in [5, 5.41) is 0. The number of aryl methyl sites for hydroxylation is 22. The number of benzene rings is 14. The second kappa shape index (κ2) is 46.7. The molecule has 0 aromatic heterocycles. The molecule has 0 atom stereocenters. The highest BCUT2D eigenvalue weighted by atomic mass is 14.1. The van der Waals surface area contributed by atoms with E-state index in [2.05, 4.69) is 473 Å². The highest BCUT2D eigenvalue weighted by Crippen LogP contribution is 2.28. The molecule has 0 nitrogen and oxygen atoms in total. The van der Waals surface area contributed by atoms with E-state index in [1.165, 1.54) is 200 Å². The van der Waals surface area contributed by atoms with E-state index >= 15 is 0 Å². The monoisotopic (exact) mass is 1480 g/mol. The van der Waals surface area contributed by atoms with Crippen molar-refractivity contribution in [2.45, 2.75) is 194 Å². The Morgan fingerprint density at radius 2 is 0.259 bits per heavy atom. The van der Waals surface area contributed by atoms with E-state index in [-0.39, 0.29) is 0 Å². The fraction of sp³-hybridized carbons (Fsp3) is 0.250. The Bertz CT molecular complexity index is 4690. The minimum absolute atomic E-state index is 1.29. The maximum atomic E-state index is 2.26. The Kier molecular flexibility index (Phi) is 38.2. The van der Waals surface area contributed by atoms with E-state index in [0.717, 1.165) is 0 Å². The molecule has 0 amide bonds. The van der Waals surface area contributed by atoms with Crippen molar-refractivity contribution >= 4 is 0 Å². The van der Waals surface area contributed by atoms with Gasteiger partial charge in [0, 0.05) is 0 Å². The predicted molar refractivity (Wildman–Crippen MR) is 499 cm³/mol. The molecule has 14 rings (SSSR count). The molecule has 0 fully saturated rings. The van der Waals surface area contributed by atoms with Crippen molar-refractivity contribution in [2.24, 2.45) is 0 Å². The van der Waals surface area contributed by atoms with E-state index < -0.39 is 0 Å². The van der Waals surface area contributed by atoms with Gasteiger partial charge in [-0.25, -0.2) is 0 Å². The molecule has 0 saturated carbocycles. The van der Waals surface area contributed by atoms with Crippen LogP contribution in [0.4, 0.5) is 0 Å². The molecule has 14 aromatic carbocycles. The van der Waals surface area contributed by atoms with E-state index in [0.29, 0.717) is 0 Å². The lowest BCUT2D eigenvalue weighted by molar-refractivity contribution is 1.23. The minimum Gasteiger partial charge on any atom is -0.0622 e. The van der Waals surface area contributed by atoms with Crippen LogP contribution < -0.4 is 0 Å². The zero-order valence-corrected chi connectivity index (χ0v) is 73.7. The van der Waals surface area contributed by atoms with Crippen LogP contribution in [-0.4, -0.2) is 0 Å². The van der Waals surface area contributed by atoms with Gasteiger partial charge >= 0.3 is 0 Å². The van der Waals surface area contributed by atoms with E-state index in [9.17, 15) is 0 Å². The van der Waals surface area contributed by atoms with Crippen molar-refractivity contribution in [1.82, 2.24) is 0 Å². The van der Waals surface area contributed by atoms with Gasteiger partial charge in [0.2, 0.25) is 0 Å². The minimum atomic E-state index is 1.29. The second-order valence-electron chi connectivity index (χ2n) is 30.8. The molecule has 14 aromatic rings. The van der Waals surface area contributed by atoms with Crippen molar-refractivity contribution in [1.29, 1.82) is 0 Å². The van der Waals surface area contributed by atoms with Gasteiger partial charge in [-0.3, -0.25) is 0 Å². The molecule has 0 heteroatoms. The maximum absolute atomic E-state index is 2.26. The molecular weight excluding hydrogens is 1350 g/mol. The molecule has 0 saturated heterocycles. The lowest BCUT2D eigenvalue weighted by atomic mass is 9.97. The van der Waals surface area contributed by atoms with E-state index in [1.807, 2.05) is 12.1 Å². The molecule has 580 valence electrons. The Labute approximate surface area is 680 Å². The van der Waals surface area contributed by atoms with Gasteiger partial charge in [0.25, 0.3) is 0 Å². The van der Waals surface area contributed by atoms with Crippen LogP contribution in [0.1, 0.15) is 156 Å². The third-order valence-corrected chi connectivity index (χ3v) is 22.0. The molecule has 0 aliphatic heterocycles. The molecular formula is C112H132. The van der Waals surface area contributed by atoms with Crippen LogP contribution in [-0.2, 0) is 0 Å². The quantitative estimate of drug-likeness (QED) is 0.165. The van der Waals surface area contributed by atoms with Crippen LogP contribution in [0.3, 0.4) is 0 Å². The first-order valence-corrected chi connectivity index (χ1v) is 39.9. The smallest absolute Gasteiger partial charge is 0.0179 e. The SMILES string of the molecule is Cc1cc(-c2ccccc2)cc(C)c1C.Cc1cc(-c2ccccc2)cc(C)c1C.Cc1cc(C)c(C)c(C)c1.Cc1cc(C)c(C)c(C)c1.Cc1ccc(-c2ccccc2)cc1C.Cc1ccc(-c2ccccc2)cc1C.Cc1cccc(C)c1C.Cc1cccc(C)c1C.Cc1ccccc1C.Cc1ccccc1C. The molecule has 0 aliphatic rings. The fourth-order valence-electron chi connectivity index (χ4n) is 12.4. The summed E-state index contributed by atoms with van der Waals surface area (Å²) in [6, 6.07) is 103. The van der Waals surface area contributed by atoms with Crippen molar-refractivity contribution < 1.29 is 0 Å². The lowest BCUT2D eigenvalue weighted by Gasteiger charge is -2.09. The summed E-state index contributed by atoms with van der Waals surface area (Å²) in [6.07, 6.45) is 0. The molecule has 0 radical (unpaired) electrons. The van der Waals surface area contributed by atoms with Crippen LogP contribution >= 0.6 is 0 Å². The van der Waals surface area contributed by atoms with Gasteiger partial charge in [0.1, 0.15) is 0 Å². The summed E-state index contributed by atoms with van der Waals surface area (Å²) in [5.74, 6) is 0. The Balaban J connectivity index is 0.000000224. The largest absolute Gasteiger partial charge is 0.0622 e. The van der Waals surface area contributed by atoms with Gasteiger partial charge in [-0.15, -0.1) is 0 Å². The average molecular weight is 1480 g/mol. The first kappa shape index (κ1) is 91.7. The van der Waals surface area contributed by atoms with Crippen LogP contribution in [0.15, 0.2) is 291 Å². The second-order valence-corrected chi connectivity index (χ2v) is 30.8. The normalized spacial score (nSPS) is 9.96. The summed E-state index contributed by atoms with van der Waals surface area (Å²) < 4.78 is 0. The molecule has 0 N–H and O–H groups in total. The lowest BCUT2D eigenvalue weighted by Crippen LogP contribution is -1.88. The van der Waals surface area contributed by atoms with E-state index in [4.69, 9.17) is 0 Å². The van der Waals surface area contributed by atoms with Crippen molar-refractivity contribution in [3.05, 3.63) is 447 Å². The van der Waals surface area contributed by atoms with Gasteiger partial charge in [-0.05, 0) is 383 Å². The van der Waals surface area contributed by atoms with Crippen LogP contribution in [0, 0.1) is 194 Å². The maximum Gasteiger partial charge on any atom is -0.0179 e. The highest BCUT2D eigenvalue weighted by molar-refractivity contribution is 5.68. The van der Waals surface area contributed by atoms with Gasteiger partial charge in [0.05, 0.1) is 0 Å². The Hall–Kier alpha value is -10.9. The summed E-state index contributed by atoms with van der Waals surface area (Å²) in [4.78, 5) is 0.